The summed E-state index contributed by atoms with van der Waals surface area (Å²) < 4.78 is 2.51. The molecule has 0 radical (unpaired) electrons. The largest absolute Gasteiger partial charge is 0.332 e. The van der Waals surface area contributed by atoms with Crippen molar-refractivity contribution in [1.82, 2.24) is 19.7 Å². The SMILES string of the molecule is Cc1cc(Br)ccc1NC(=O)CN(C)C(=O)c1cccc(-n2cncn2)c1. The van der Waals surface area contributed by atoms with Gasteiger partial charge >= 0.3 is 0 Å². The summed E-state index contributed by atoms with van der Waals surface area (Å²) in [7, 11) is 1.60. The standard InChI is InChI=1S/C19H18BrN5O2/c1-13-8-15(20)6-7-17(13)23-18(26)10-24(2)19(27)14-4-3-5-16(9-14)25-12-21-11-22-25/h3-9,11-12H,10H2,1-2H3,(H,23,26). The monoisotopic (exact) mass is 427 g/mol. The number of hydrogen-bond acceptors (Lipinski definition) is 4. The Morgan fingerprint density at radius 1 is 1.22 bits per heavy atom. The zero-order valence-electron chi connectivity index (χ0n) is 14.9. The lowest BCUT2D eigenvalue weighted by Gasteiger charge is -2.18. The zero-order chi connectivity index (χ0) is 19.4. The molecule has 0 aliphatic carbocycles. The molecular formula is C19H18BrN5O2. The van der Waals surface area contributed by atoms with Crippen LogP contribution < -0.4 is 5.32 Å². The number of likely N-dealkylation sites (N-methyl/N-ethyl adjacent to an activating group) is 1. The molecule has 0 saturated carbocycles. The number of aryl methyl sites for hydroxylation is 1. The molecule has 7 nitrogen and oxygen atoms in total. The van der Waals surface area contributed by atoms with E-state index in [-0.39, 0.29) is 18.4 Å². The molecule has 138 valence electrons. The maximum atomic E-state index is 12.7. The smallest absolute Gasteiger partial charge is 0.254 e. The Kier molecular flexibility index (Phi) is 5.66. The van der Waals surface area contributed by atoms with E-state index in [0.29, 0.717) is 5.56 Å². The van der Waals surface area contributed by atoms with Crippen LogP contribution in [0.2, 0.25) is 0 Å². The molecule has 0 bridgehead atoms. The van der Waals surface area contributed by atoms with E-state index in [9.17, 15) is 9.59 Å². The van der Waals surface area contributed by atoms with Crippen LogP contribution in [0.1, 0.15) is 15.9 Å². The minimum absolute atomic E-state index is 0.0537. The molecule has 0 aliphatic heterocycles. The number of halogens is 1. The summed E-state index contributed by atoms with van der Waals surface area (Å²) >= 11 is 3.39. The maximum absolute atomic E-state index is 12.7. The van der Waals surface area contributed by atoms with Gasteiger partial charge in [0.25, 0.3) is 5.91 Å². The highest BCUT2D eigenvalue weighted by molar-refractivity contribution is 9.10. The maximum Gasteiger partial charge on any atom is 0.254 e. The van der Waals surface area contributed by atoms with Gasteiger partial charge in [0.15, 0.2) is 0 Å². The van der Waals surface area contributed by atoms with Gasteiger partial charge in [-0.3, -0.25) is 9.59 Å². The molecule has 0 atom stereocenters. The van der Waals surface area contributed by atoms with Crippen molar-refractivity contribution in [3.63, 3.8) is 0 Å². The van der Waals surface area contributed by atoms with Crippen LogP contribution in [-0.4, -0.2) is 45.1 Å². The number of aromatic nitrogens is 3. The van der Waals surface area contributed by atoms with Crippen molar-refractivity contribution in [3.8, 4) is 5.69 Å². The Morgan fingerprint density at radius 2 is 2.04 bits per heavy atom. The molecule has 27 heavy (non-hydrogen) atoms. The third-order valence-corrected chi connectivity index (χ3v) is 4.46. The first-order valence-corrected chi connectivity index (χ1v) is 9.00. The van der Waals surface area contributed by atoms with E-state index >= 15 is 0 Å². The summed E-state index contributed by atoms with van der Waals surface area (Å²) in [5.74, 6) is -0.511. The van der Waals surface area contributed by atoms with Gasteiger partial charge in [0, 0.05) is 22.8 Å². The molecule has 3 aromatic rings. The fourth-order valence-electron chi connectivity index (χ4n) is 2.59. The summed E-state index contributed by atoms with van der Waals surface area (Å²) in [6, 6.07) is 12.6. The van der Waals surface area contributed by atoms with Crippen molar-refractivity contribution in [2.24, 2.45) is 0 Å². The van der Waals surface area contributed by atoms with Crippen LogP contribution in [-0.2, 0) is 4.79 Å². The van der Waals surface area contributed by atoms with E-state index in [1.54, 1.807) is 36.3 Å². The number of amides is 2. The normalized spacial score (nSPS) is 10.5. The quantitative estimate of drug-likeness (QED) is 0.678. The summed E-state index contributed by atoms with van der Waals surface area (Å²) in [5.41, 5.74) is 2.85. The fraction of sp³-hybridized carbons (Fsp3) is 0.158. The highest BCUT2D eigenvalue weighted by atomic mass is 79.9. The van der Waals surface area contributed by atoms with Gasteiger partial charge in [-0.2, -0.15) is 5.10 Å². The van der Waals surface area contributed by atoms with Crippen LogP contribution in [0.5, 0.6) is 0 Å². The second kappa shape index (κ2) is 8.13. The van der Waals surface area contributed by atoms with Crippen molar-refractivity contribution in [2.45, 2.75) is 6.92 Å². The van der Waals surface area contributed by atoms with Crippen molar-refractivity contribution < 1.29 is 9.59 Å². The molecule has 0 unspecified atom stereocenters. The first-order chi connectivity index (χ1) is 12.9. The molecule has 2 aromatic carbocycles. The second-order valence-electron chi connectivity index (χ2n) is 6.06. The molecule has 1 N–H and O–H groups in total. The first kappa shape index (κ1) is 18.8. The predicted molar refractivity (Wildman–Crippen MR) is 106 cm³/mol. The topological polar surface area (TPSA) is 80.1 Å². The number of anilines is 1. The average molecular weight is 428 g/mol. The van der Waals surface area contributed by atoms with Gasteiger partial charge in [0.2, 0.25) is 5.91 Å². The van der Waals surface area contributed by atoms with Crippen LogP contribution >= 0.6 is 15.9 Å². The molecule has 0 fully saturated rings. The number of hydrogen-bond donors (Lipinski definition) is 1. The van der Waals surface area contributed by atoms with Gasteiger partial charge < -0.3 is 10.2 Å². The summed E-state index contributed by atoms with van der Waals surface area (Å²) in [6.45, 7) is 1.85. The number of nitrogens with one attached hydrogen (secondary N) is 1. The zero-order valence-corrected chi connectivity index (χ0v) is 16.5. The van der Waals surface area contributed by atoms with Gasteiger partial charge in [-0.25, -0.2) is 9.67 Å². The number of benzene rings is 2. The Labute approximate surface area is 165 Å². The summed E-state index contributed by atoms with van der Waals surface area (Å²) in [6.07, 6.45) is 2.98. The highest BCUT2D eigenvalue weighted by Crippen LogP contribution is 2.20. The van der Waals surface area contributed by atoms with Crippen LogP contribution in [0.15, 0.2) is 59.6 Å². The second-order valence-corrected chi connectivity index (χ2v) is 6.97. The molecule has 1 heterocycles. The van der Waals surface area contributed by atoms with Crippen LogP contribution in [0.3, 0.4) is 0 Å². The van der Waals surface area contributed by atoms with Gasteiger partial charge in [0.05, 0.1) is 12.2 Å². The predicted octanol–water partition coefficient (Wildman–Crippen LogP) is 3.05. The van der Waals surface area contributed by atoms with E-state index in [4.69, 9.17) is 0 Å². The first-order valence-electron chi connectivity index (χ1n) is 8.20. The molecule has 0 aliphatic rings. The Bertz CT molecular complexity index is 972. The van der Waals surface area contributed by atoms with E-state index in [1.165, 1.54) is 11.2 Å². The molecule has 2 amide bonds. The van der Waals surface area contributed by atoms with Gasteiger partial charge in [-0.1, -0.05) is 22.0 Å². The van der Waals surface area contributed by atoms with E-state index in [0.717, 1.165) is 21.4 Å². The highest BCUT2D eigenvalue weighted by Gasteiger charge is 2.16. The minimum atomic E-state index is -0.260. The molecular weight excluding hydrogens is 410 g/mol. The molecule has 1 aromatic heterocycles. The molecule has 0 saturated heterocycles. The molecule has 3 rings (SSSR count). The number of nitrogens with zero attached hydrogens (tertiary/aromatic N) is 4. The lowest BCUT2D eigenvalue weighted by molar-refractivity contribution is -0.116. The van der Waals surface area contributed by atoms with Crippen LogP contribution in [0.4, 0.5) is 5.69 Å². The average Bonchev–Trinajstić information content (AvgIpc) is 3.18. The fourth-order valence-corrected chi connectivity index (χ4v) is 3.06. The van der Waals surface area contributed by atoms with Crippen LogP contribution in [0, 0.1) is 6.92 Å². The van der Waals surface area contributed by atoms with Gasteiger partial charge in [0.1, 0.15) is 12.7 Å². The lowest BCUT2D eigenvalue weighted by atomic mass is 10.1. The number of carbonyl (C=O) groups excluding carboxylic acids is 2. The van der Waals surface area contributed by atoms with E-state index < -0.39 is 0 Å². The molecule has 8 heteroatoms. The van der Waals surface area contributed by atoms with Crippen molar-refractivity contribution in [3.05, 3.63) is 70.7 Å². The van der Waals surface area contributed by atoms with Crippen molar-refractivity contribution in [2.75, 3.05) is 18.9 Å². The van der Waals surface area contributed by atoms with Gasteiger partial charge in [-0.15, -0.1) is 0 Å². The third kappa shape index (κ3) is 4.59. The Balaban J connectivity index is 1.67. The number of carbonyl (C=O) groups is 2. The third-order valence-electron chi connectivity index (χ3n) is 3.97. The van der Waals surface area contributed by atoms with E-state index in [2.05, 4.69) is 31.3 Å². The van der Waals surface area contributed by atoms with E-state index in [1.807, 2.05) is 31.2 Å². The Hall–Kier alpha value is -3.00. The van der Waals surface area contributed by atoms with Crippen molar-refractivity contribution >= 4 is 33.4 Å². The number of rotatable bonds is 5. The lowest BCUT2D eigenvalue weighted by Crippen LogP contribution is -2.35. The van der Waals surface area contributed by atoms with Crippen molar-refractivity contribution in [1.29, 1.82) is 0 Å². The van der Waals surface area contributed by atoms with Crippen LogP contribution in [0.25, 0.3) is 5.69 Å². The summed E-state index contributed by atoms with van der Waals surface area (Å²) in [4.78, 5) is 30.3. The minimum Gasteiger partial charge on any atom is -0.332 e. The summed E-state index contributed by atoms with van der Waals surface area (Å²) in [5, 5.41) is 6.89. The molecule has 0 spiro atoms. The Morgan fingerprint density at radius 3 is 2.74 bits per heavy atom. The van der Waals surface area contributed by atoms with Gasteiger partial charge in [-0.05, 0) is 48.9 Å².